The minimum atomic E-state index is -0.445. The third kappa shape index (κ3) is 5.44. The topological polar surface area (TPSA) is 50.4 Å². The van der Waals surface area contributed by atoms with E-state index in [1.807, 2.05) is 79.7 Å². The van der Waals surface area contributed by atoms with E-state index in [4.69, 9.17) is 4.74 Å². The van der Waals surface area contributed by atoms with Crippen LogP contribution in [-0.2, 0) is 11.2 Å². The molecule has 0 saturated heterocycles. The summed E-state index contributed by atoms with van der Waals surface area (Å²) in [5.74, 6) is 0.570. The van der Waals surface area contributed by atoms with Crippen LogP contribution in [0.2, 0.25) is 0 Å². The van der Waals surface area contributed by atoms with Gasteiger partial charge in [0.15, 0.2) is 0 Å². The Morgan fingerprint density at radius 3 is 2.25 bits per heavy atom. The second-order valence-electron chi connectivity index (χ2n) is 6.45. The van der Waals surface area contributed by atoms with Gasteiger partial charge in [-0.1, -0.05) is 72.8 Å². The Morgan fingerprint density at radius 2 is 1.54 bits per heavy atom. The molecule has 0 aromatic heterocycles. The van der Waals surface area contributed by atoms with Gasteiger partial charge in [0, 0.05) is 6.54 Å². The SMILES string of the molecule is CCOc1ccccc1NC(=O)[C@H](NCCc1ccccc1)c1ccccc1. The van der Waals surface area contributed by atoms with Gasteiger partial charge in [0.1, 0.15) is 11.8 Å². The summed E-state index contributed by atoms with van der Waals surface area (Å²) in [6.45, 7) is 3.17. The highest BCUT2D eigenvalue weighted by molar-refractivity contribution is 5.96. The van der Waals surface area contributed by atoms with E-state index >= 15 is 0 Å². The Morgan fingerprint density at radius 1 is 0.893 bits per heavy atom. The molecule has 2 N–H and O–H groups in total. The van der Waals surface area contributed by atoms with Crippen LogP contribution in [0.3, 0.4) is 0 Å². The quantitative estimate of drug-likeness (QED) is 0.576. The van der Waals surface area contributed by atoms with Gasteiger partial charge in [0.2, 0.25) is 5.91 Å². The Bertz CT molecular complexity index is 866. The summed E-state index contributed by atoms with van der Waals surface area (Å²) in [5, 5.41) is 6.42. The van der Waals surface area contributed by atoms with Gasteiger partial charge in [-0.15, -0.1) is 0 Å². The van der Waals surface area contributed by atoms with Gasteiger partial charge in [-0.05, 0) is 36.6 Å². The van der Waals surface area contributed by atoms with E-state index in [1.165, 1.54) is 5.56 Å². The van der Waals surface area contributed by atoms with Crippen molar-refractivity contribution in [1.29, 1.82) is 0 Å². The lowest BCUT2D eigenvalue weighted by Gasteiger charge is -2.20. The van der Waals surface area contributed by atoms with Crippen molar-refractivity contribution in [2.45, 2.75) is 19.4 Å². The van der Waals surface area contributed by atoms with Gasteiger partial charge >= 0.3 is 0 Å². The molecular weight excluding hydrogens is 348 g/mol. The van der Waals surface area contributed by atoms with Gasteiger partial charge in [-0.2, -0.15) is 0 Å². The Kier molecular flexibility index (Phi) is 7.21. The van der Waals surface area contributed by atoms with Crippen molar-refractivity contribution < 1.29 is 9.53 Å². The summed E-state index contributed by atoms with van der Waals surface area (Å²) in [7, 11) is 0. The van der Waals surface area contributed by atoms with Crippen molar-refractivity contribution in [2.24, 2.45) is 0 Å². The van der Waals surface area contributed by atoms with E-state index < -0.39 is 6.04 Å². The van der Waals surface area contributed by atoms with Gasteiger partial charge in [-0.25, -0.2) is 0 Å². The first-order valence-electron chi connectivity index (χ1n) is 9.63. The summed E-state index contributed by atoms with van der Waals surface area (Å²) in [5.41, 5.74) is 2.85. The van der Waals surface area contributed by atoms with Crippen LogP contribution in [0.4, 0.5) is 5.69 Å². The number of carbonyl (C=O) groups is 1. The fourth-order valence-electron chi connectivity index (χ4n) is 3.07. The summed E-state index contributed by atoms with van der Waals surface area (Å²) >= 11 is 0. The van der Waals surface area contributed by atoms with Gasteiger partial charge < -0.3 is 15.4 Å². The molecule has 0 heterocycles. The van der Waals surface area contributed by atoms with Crippen LogP contribution in [0, 0.1) is 0 Å². The van der Waals surface area contributed by atoms with Crippen LogP contribution >= 0.6 is 0 Å². The molecule has 3 rings (SSSR count). The van der Waals surface area contributed by atoms with E-state index in [9.17, 15) is 4.79 Å². The van der Waals surface area contributed by atoms with Crippen LogP contribution in [-0.4, -0.2) is 19.1 Å². The summed E-state index contributed by atoms with van der Waals surface area (Å²) in [4.78, 5) is 13.1. The zero-order valence-electron chi connectivity index (χ0n) is 16.1. The minimum absolute atomic E-state index is 0.105. The Balaban J connectivity index is 1.72. The van der Waals surface area contributed by atoms with E-state index in [-0.39, 0.29) is 5.91 Å². The summed E-state index contributed by atoms with van der Waals surface area (Å²) in [6, 6.07) is 27.1. The second kappa shape index (κ2) is 10.3. The lowest BCUT2D eigenvalue weighted by Crippen LogP contribution is -2.34. The van der Waals surface area contributed by atoms with Gasteiger partial charge in [0.25, 0.3) is 0 Å². The molecule has 0 fully saturated rings. The van der Waals surface area contributed by atoms with Crippen LogP contribution in [0.1, 0.15) is 24.1 Å². The first-order chi connectivity index (χ1) is 13.8. The number of hydrogen-bond donors (Lipinski definition) is 2. The lowest BCUT2D eigenvalue weighted by atomic mass is 10.1. The average molecular weight is 374 g/mol. The van der Waals surface area contributed by atoms with Crippen molar-refractivity contribution >= 4 is 11.6 Å². The fourth-order valence-corrected chi connectivity index (χ4v) is 3.07. The normalized spacial score (nSPS) is 11.6. The third-order valence-electron chi connectivity index (χ3n) is 4.44. The van der Waals surface area contributed by atoms with Crippen LogP contribution < -0.4 is 15.4 Å². The molecule has 4 heteroatoms. The molecule has 0 aliphatic heterocycles. The molecule has 0 saturated carbocycles. The smallest absolute Gasteiger partial charge is 0.246 e. The molecule has 0 radical (unpaired) electrons. The van der Waals surface area contributed by atoms with E-state index in [0.717, 1.165) is 12.0 Å². The molecule has 1 atom stereocenters. The van der Waals surface area contributed by atoms with Gasteiger partial charge in [-0.3, -0.25) is 4.79 Å². The largest absolute Gasteiger partial charge is 0.492 e. The van der Waals surface area contributed by atoms with Crippen molar-refractivity contribution in [3.8, 4) is 5.75 Å². The van der Waals surface area contributed by atoms with Crippen LogP contribution in [0.5, 0.6) is 5.75 Å². The molecule has 0 aliphatic carbocycles. The zero-order chi connectivity index (χ0) is 19.6. The van der Waals surface area contributed by atoms with E-state index in [2.05, 4.69) is 22.8 Å². The van der Waals surface area contributed by atoms with E-state index in [1.54, 1.807) is 0 Å². The third-order valence-corrected chi connectivity index (χ3v) is 4.44. The number of anilines is 1. The summed E-state index contributed by atoms with van der Waals surface area (Å²) in [6.07, 6.45) is 0.854. The maximum Gasteiger partial charge on any atom is 0.246 e. The zero-order valence-corrected chi connectivity index (χ0v) is 16.1. The van der Waals surface area contributed by atoms with E-state index in [0.29, 0.717) is 24.6 Å². The standard InChI is InChI=1S/C24H26N2O2/c1-2-28-22-16-10-9-15-21(22)26-24(27)23(20-13-7-4-8-14-20)25-18-17-19-11-5-3-6-12-19/h3-16,23,25H,2,17-18H2,1H3,(H,26,27)/t23-/m1/s1. The molecule has 3 aromatic rings. The number of para-hydroxylation sites is 2. The van der Waals surface area contributed by atoms with Crippen molar-refractivity contribution in [3.63, 3.8) is 0 Å². The Labute approximate surface area is 166 Å². The molecule has 3 aromatic carbocycles. The number of carbonyl (C=O) groups excluding carboxylic acids is 1. The number of benzene rings is 3. The maximum absolute atomic E-state index is 13.1. The van der Waals surface area contributed by atoms with Crippen molar-refractivity contribution in [3.05, 3.63) is 96.1 Å². The number of nitrogens with one attached hydrogen (secondary N) is 2. The number of amides is 1. The predicted molar refractivity (Wildman–Crippen MR) is 114 cm³/mol. The van der Waals surface area contributed by atoms with Crippen LogP contribution in [0.15, 0.2) is 84.9 Å². The first kappa shape index (κ1) is 19.6. The number of ether oxygens (including phenoxy) is 1. The van der Waals surface area contributed by atoms with Crippen molar-refractivity contribution in [1.82, 2.24) is 5.32 Å². The molecule has 0 bridgehead atoms. The molecule has 144 valence electrons. The molecular formula is C24H26N2O2. The highest BCUT2D eigenvalue weighted by Gasteiger charge is 2.21. The van der Waals surface area contributed by atoms with Gasteiger partial charge in [0.05, 0.1) is 12.3 Å². The molecule has 4 nitrogen and oxygen atoms in total. The molecule has 1 amide bonds. The maximum atomic E-state index is 13.1. The summed E-state index contributed by atoms with van der Waals surface area (Å²) < 4.78 is 5.63. The number of hydrogen-bond acceptors (Lipinski definition) is 3. The molecule has 0 unspecified atom stereocenters. The molecule has 0 spiro atoms. The number of rotatable bonds is 9. The van der Waals surface area contributed by atoms with Crippen LogP contribution in [0.25, 0.3) is 0 Å². The first-order valence-corrected chi connectivity index (χ1v) is 9.63. The predicted octanol–water partition coefficient (Wildman–Crippen LogP) is 4.60. The highest BCUT2D eigenvalue weighted by atomic mass is 16.5. The molecule has 28 heavy (non-hydrogen) atoms. The Hall–Kier alpha value is -3.11. The molecule has 0 aliphatic rings. The van der Waals surface area contributed by atoms with Crippen molar-refractivity contribution in [2.75, 3.05) is 18.5 Å². The lowest BCUT2D eigenvalue weighted by molar-refractivity contribution is -0.118. The fraction of sp³-hybridized carbons (Fsp3) is 0.208. The minimum Gasteiger partial charge on any atom is -0.492 e. The second-order valence-corrected chi connectivity index (χ2v) is 6.45. The highest BCUT2D eigenvalue weighted by Crippen LogP contribution is 2.25. The monoisotopic (exact) mass is 374 g/mol. The average Bonchev–Trinajstić information content (AvgIpc) is 2.74.